The third kappa shape index (κ3) is 4.97. The van der Waals surface area contributed by atoms with Crippen LogP contribution in [0.2, 0.25) is 5.02 Å². The first-order valence-corrected chi connectivity index (χ1v) is 7.11. The smallest absolute Gasteiger partial charge is 0.242 e. The number of nitrogens with zero attached hydrogens (tertiary/aromatic N) is 1. The summed E-state index contributed by atoms with van der Waals surface area (Å²) in [6.07, 6.45) is 1.58. The Labute approximate surface area is 132 Å². The minimum atomic E-state index is -0.800. The molecule has 0 spiro atoms. The lowest BCUT2D eigenvalue weighted by Crippen LogP contribution is -2.52. The van der Waals surface area contributed by atoms with Crippen molar-refractivity contribution in [2.24, 2.45) is 5.73 Å². The molecule has 0 heterocycles. The SMILES string of the molecule is CCCC(C)(N)C(=O)N(CC)Cc1ccccc1Cl.Cl. The maximum absolute atomic E-state index is 12.5. The number of halogens is 2. The second-order valence-electron chi connectivity index (χ2n) is 5.08. The summed E-state index contributed by atoms with van der Waals surface area (Å²) in [5.74, 6) is -0.0169. The standard InChI is InChI=1S/C15H23ClN2O.ClH/c1-4-10-15(3,17)14(19)18(5-2)11-12-8-6-7-9-13(12)16;/h6-9H,4-5,10-11,17H2,1-3H3;1H. The van der Waals surface area contributed by atoms with Crippen LogP contribution >= 0.6 is 24.0 Å². The molecule has 1 aromatic rings. The molecule has 5 heteroatoms. The fourth-order valence-electron chi connectivity index (χ4n) is 2.15. The molecule has 1 aromatic carbocycles. The van der Waals surface area contributed by atoms with E-state index in [9.17, 15) is 4.79 Å². The average molecular weight is 319 g/mol. The van der Waals surface area contributed by atoms with Crippen molar-refractivity contribution in [2.45, 2.75) is 45.7 Å². The van der Waals surface area contributed by atoms with Crippen LogP contribution in [0.3, 0.4) is 0 Å². The number of benzene rings is 1. The highest BCUT2D eigenvalue weighted by atomic mass is 35.5. The second-order valence-corrected chi connectivity index (χ2v) is 5.49. The molecular formula is C15H24Cl2N2O. The van der Waals surface area contributed by atoms with E-state index in [4.69, 9.17) is 17.3 Å². The van der Waals surface area contributed by atoms with Gasteiger partial charge in [0.05, 0.1) is 5.54 Å². The van der Waals surface area contributed by atoms with Gasteiger partial charge in [0.1, 0.15) is 0 Å². The summed E-state index contributed by atoms with van der Waals surface area (Å²) in [5, 5.41) is 0.683. The van der Waals surface area contributed by atoms with Crippen molar-refractivity contribution in [1.82, 2.24) is 4.90 Å². The maximum atomic E-state index is 12.5. The summed E-state index contributed by atoms with van der Waals surface area (Å²) in [4.78, 5) is 14.2. The summed E-state index contributed by atoms with van der Waals surface area (Å²) in [6, 6.07) is 7.58. The number of carbonyl (C=O) groups is 1. The van der Waals surface area contributed by atoms with Crippen LogP contribution in [0.15, 0.2) is 24.3 Å². The number of carbonyl (C=O) groups excluding carboxylic acids is 1. The van der Waals surface area contributed by atoms with E-state index in [1.807, 2.05) is 38.1 Å². The summed E-state index contributed by atoms with van der Waals surface area (Å²) in [5.41, 5.74) is 6.27. The Hall–Kier alpha value is -0.770. The molecule has 1 atom stereocenters. The number of nitrogens with two attached hydrogens (primary N) is 1. The van der Waals surface area contributed by atoms with Gasteiger partial charge in [-0.3, -0.25) is 4.79 Å². The molecule has 0 aliphatic rings. The number of hydrogen-bond acceptors (Lipinski definition) is 2. The van der Waals surface area contributed by atoms with Gasteiger partial charge >= 0.3 is 0 Å². The van der Waals surface area contributed by atoms with Crippen molar-refractivity contribution >= 4 is 29.9 Å². The molecule has 0 aliphatic carbocycles. The molecule has 1 unspecified atom stereocenters. The molecule has 0 radical (unpaired) electrons. The predicted molar refractivity (Wildman–Crippen MR) is 87.3 cm³/mol. The number of rotatable bonds is 6. The van der Waals surface area contributed by atoms with Crippen LogP contribution < -0.4 is 5.73 Å². The van der Waals surface area contributed by atoms with Crippen molar-refractivity contribution in [2.75, 3.05) is 6.54 Å². The first kappa shape index (κ1) is 19.2. The Balaban J connectivity index is 0.00000361. The van der Waals surface area contributed by atoms with Crippen LogP contribution in [0.5, 0.6) is 0 Å². The summed E-state index contributed by atoms with van der Waals surface area (Å²) in [6.45, 7) is 6.92. The molecule has 3 nitrogen and oxygen atoms in total. The Morgan fingerprint density at radius 2 is 1.95 bits per heavy atom. The Bertz CT molecular complexity index is 436. The predicted octanol–water partition coefficient (Wildman–Crippen LogP) is 3.63. The van der Waals surface area contributed by atoms with E-state index >= 15 is 0 Å². The van der Waals surface area contributed by atoms with Crippen molar-refractivity contribution < 1.29 is 4.79 Å². The highest BCUT2D eigenvalue weighted by molar-refractivity contribution is 6.31. The Morgan fingerprint density at radius 1 is 1.35 bits per heavy atom. The second kappa shape index (κ2) is 8.50. The van der Waals surface area contributed by atoms with E-state index in [2.05, 4.69) is 0 Å². The van der Waals surface area contributed by atoms with Gasteiger partial charge in [-0.25, -0.2) is 0 Å². The topological polar surface area (TPSA) is 46.3 Å². The van der Waals surface area contributed by atoms with Gasteiger partial charge in [-0.05, 0) is 31.9 Å². The largest absolute Gasteiger partial charge is 0.337 e. The normalized spacial score (nSPS) is 13.2. The molecule has 20 heavy (non-hydrogen) atoms. The van der Waals surface area contributed by atoms with E-state index in [1.165, 1.54) is 0 Å². The first-order chi connectivity index (χ1) is 8.92. The van der Waals surface area contributed by atoms with Gasteiger partial charge in [-0.1, -0.05) is 43.1 Å². The third-order valence-electron chi connectivity index (χ3n) is 3.25. The monoisotopic (exact) mass is 318 g/mol. The molecule has 0 aromatic heterocycles. The molecular weight excluding hydrogens is 295 g/mol. The molecule has 2 N–H and O–H groups in total. The average Bonchev–Trinajstić information content (AvgIpc) is 2.37. The number of amides is 1. The lowest BCUT2D eigenvalue weighted by molar-refractivity contribution is -0.137. The van der Waals surface area contributed by atoms with Crippen molar-refractivity contribution in [1.29, 1.82) is 0 Å². The molecule has 0 saturated carbocycles. The van der Waals surface area contributed by atoms with E-state index in [1.54, 1.807) is 11.8 Å². The summed E-state index contributed by atoms with van der Waals surface area (Å²) >= 11 is 6.14. The van der Waals surface area contributed by atoms with Gasteiger partial charge < -0.3 is 10.6 Å². The minimum absolute atomic E-state index is 0. The van der Waals surface area contributed by atoms with Gasteiger partial charge in [0.2, 0.25) is 5.91 Å². The highest BCUT2D eigenvalue weighted by Gasteiger charge is 2.31. The highest BCUT2D eigenvalue weighted by Crippen LogP contribution is 2.19. The maximum Gasteiger partial charge on any atom is 0.242 e. The van der Waals surface area contributed by atoms with Crippen LogP contribution in [0.4, 0.5) is 0 Å². The lowest BCUT2D eigenvalue weighted by Gasteiger charge is -2.31. The van der Waals surface area contributed by atoms with Crippen molar-refractivity contribution in [3.63, 3.8) is 0 Å². The molecule has 1 amide bonds. The molecule has 0 saturated heterocycles. The number of likely N-dealkylation sites (N-methyl/N-ethyl adjacent to an activating group) is 1. The zero-order valence-electron chi connectivity index (χ0n) is 12.4. The van der Waals surface area contributed by atoms with Gasteiger partial charge in [0, 0.05) is 18.1 Å². The Kier molecular flexibility index (Phi) is 8.17. The molecule has 0 bridgehead atoms. The fourth-order valence-corrected chi connectivity index (χ4v) is 2.34. The van der Waals surface area contributed by atoms with Crippen LogP contribution in [-0.4, -0.2) is 22.9 Å². The first-order valence-electron chi connectivity index (χ1n) is 6.74. The minimum Gasteiger partial charge on any atom is -0.337 e. The van der Waals surface area contributed by atoms with Crippen molar-refractivity contribution in [3.8, 4) is 0 Å². The van der Waals surface area contributed by atoms with Crippen LogP contribution in [0.25, 0.3) is 0 Å². The van der Waals surface area contributed by atoms with Crippen LogP contribution in [0, 0.1) is 0 Å². The quantitative estimate of drug-likeness (QED) is 0.870. The van der Waals surface area contributed by atoms with Gasteiger partial charge in [-0.15, -0.1) is 12.4 Å². The number of hydrogen-bond donors (Lipinski definition) is 1. The zero-order valence-corrected chi connectivity index (χ0v) is 13.9. The van der Waals surface area contributed by atoms with E-state index in [0.717, 1.165) is 12.0 Å². The van der Waals surface area contributed by atoms with E-state index < -0.39 is 5.54 Å². The molecule has 114 valence electrons. The van der Waals surface area contributed by atoms with Crippen molar-refractivity contribution in [3.05, 3.63) is 34.9 Å². The molecule has 0 aliphatic heterocycles. The van der Waals surface area contributed by atoms with E-state index in [-0.39, 0.29) is 18.3 Å². The van der Waals surface area contributed by atoms with Gasteiger partial charge in [0.15, 0.2) is 0 Å². The van der Waals surface area contributed by atoms with E-state index in [0.29, 0.717) is 24.5 Å². The summed E-state index contributed by atoms with van der Waals surface area (Å²) in [7, 11) is 0. The van der Waals surface area contributed by atoms with Crippen LogP contribution in [-0.2, 0) is 11.3 Å². The zero-order chi connectivity index (χ0) is 14.5. The Morgan fingerprint density at radius 3 is 2.45 bits per heavy atom. The third-order valence-corrected chi connectivity index (χ3v) is 3.61. The molecule has 0 fully saturated rings. The fraction of sp³-hybridized carbons (Fsp3) is 0.533. The van der Waals surface area contributed by atoms with Crippen LogP contribution in [0.1, 0.15) is 39.2 Å². The lowest BCUT2D eigenvalue weighted by atomic mass is 9.95. The van der Waals surface area contributed by atoms with Gasteiger partial charge in [-0.2, -0.15) is 0 Å². The summed E-state index contributed by atoms with van der Waals surface area (Å²) < 4.78 is 0. The molecule has 1 rings (SSSR count). The van der Waals surface area contributed by atoms with Gasteiger partial charge in [0.25, 0.3) is 0 Å².